The predicted molar refractivity (Wildman–Crippen MR) is 196 cm³/mol. The lowest BCUT2D eigenvalue weighted by Gasteiger charge is -2.37. The minimum Gasteiger partial charge on any atom is -0.394 e. The molecule has 4 heterocycles. The van der Waals surface area contributed by atoms with Crippen LogP contribution < -0.4 is 15.5 Å². The molecule has 3 amide bonds. The first-order chi connectivity index (χ1) is 23.9. The summed E-state index contributed by atoms with van der Waals surface area (Å²) < 4.78 is 24.1. The lowest BCUT2D eigenvalue weighted by atomic mass is 9.82. The fourth-order valence-corrected chi connectivity index (χ4v) is 11.6. The first kappa shape index (κ1) is 35.0. The molecule has 1 spiro atoms. The van der Waals surface area contributed by atoms with Crippen molar-refractivity contribution >= 4 is 53.4 Å². The van der Waals surface area contributed by atoms with Crippen LogP contribution in [0, 0.1) is 5.92 Å². The van der Waals surface area contributed by atoms with Crippen molar-refractivity contribution in [3.05, 3.63) is 93.5 Å². The molecule has 0 radical (unpaired) electrons. The summed E-state index contributed by atoms with van der Waals surface area (Å²) in [6, 6.07) is 20.4. The Bertz CT molecular complexity index is 1800. The third-order valence-electron chi connectivity index (χ3n) is 11.1. The molecular formula is C38H44BrFN4O5Si. The molecule has 0 bridgehead atoms. The quantitative estimate of drug-likeness (QED) is 0.198. The highest BCUT2D eigenvalue weighted by atomic mass is 79.9. The van der Waals surface area contributed by atoms with Crippen molar-refractivity contribution < 1.29 is 28.3 Å². The van der Waals surface area contributed by atoms with E-state index in [-0.39, 0.29) is 43.3 Å². The molecular weight excluding hydrogens is 719 g/mol. The zero-order chi connectivity index (χ0) is 35.4. The number of amides is 3. The summed E-state index contributed by atoms with van der Waals surface area (Å²) in [7, 11) is -3.50. The van der Waals surface area contributed by atoms with Gasteiger partial charge in [0.1, 0.15) is 0 Å². The minimum atomic E-state index is -3.50. The summed E-state index contributed by atoms with van der Waals surface area (Å²) >= 11 is 3.59. The molecule has 4 aliphatic rings. The summed E-state index contributed by atoms with van der Waals surface area (Å²) in [6.07, 6.45) is 1.41. The van der Waals surface area contributed by atoms with Crippen LogP contribution in [0.15, 0.2) is 71.2 Å². The van der Waals surface area contributed by atoms with E-state index in [9.17, 15) is 19.5 Å². The van der Waals surface area contributed by atoms with Gasteiger partial charge in [0.25, 0.3) is 5.91 Å². The van der Waals surface area contributed by atoms with Crippen LogP contribution in [0.5, 0.6) is 0 Å². The number of aliphatic hydroxyl groups is 1. The van der Waals surface area contributed by atoms with E-state index in [0.29, 0.717) is 29.9 Å². The number of carbonyl (C=O) groups excluding carboxylic acids is 3. The van der Waals surface area contributed by atoms with Crippen molar-refractivity contribution in [2.75, 3.05) is 23.4 Å². The number of benzene rings is 3. The molecule has 50 heavy (non-hydrogen) atoms. The molecule has 2 saturated heterocycles. The Kier molecular flexibility index (Phi) is 9.53. The molecule has 264 valence electrons. The SMILES string of the molecule is C[C@H]1[C@H]([Si](C)(C)F)[C@@H](CC(=O)N2Cc3ccccc3C[C@H]2CO)O[C@]12C(=O)N(Cc1ccc(NC(=O)[C@H]3CCCN3)cc1)c1ccc(Br)cc12. The van der Waals surface area contributed by atoms with Gasteiger partial charge < -0.3 is 34.4 Å². The molecule has 3 aromatic rings. The zero-order valence-corrected chi connectivity index (χ0v) is 31.2. The molecule has 0 saturated carbocycles. The Morgan fingerprint density at radius 1 is 1.12 bits per heavy atom. The van der Waals surface area contributed by atoms with Gasteiger partial charge in [-0.3, -0.25) is 14.4 Å². The van der Waals surface area contributed by atoms with Crippen molar-refractivity contribution in [3.8, 4) is 0 Å². The maximum Gasteiger partial charge on any atom is 0.264 e. The Labute approximate surface area is 301 Å². The second-order valence-electron chi connectivity index (χ2n) is 14.7. The third kappa shape index (κ3) is 6.23. The van der Waals surface area contributed by atoms with Crippen molar-refractivity contribution in [1.82, 2.24) is 10.2 Å². The monoisotopic (exact) mass is 762 g/mol. The summed E-state index contributed by atoms with van der Waals surface area (Å²) in [6.45, 7) is 6.41. The van der Waals surface area contributed by atoms with E-state index < -0.39 is 37.6 Å². The van der Waals surface area contributed by atoms with Crippen molar-refractivity contribution in [3.63, 3.8) is 0 Å². The van der Waals surface area contributed by atoms with Gasteiger partial charge in [-0.25, -0.2) is 0 Å². The number of aliphatic hydroxyl groups excluding tert-OH is 1. The fourth-order valence-electron chi connectivity index (χ4n) is 8.72. The Balaban J connectivity index is 1.16. The largest absolute Gasteiger partial charge is 0.394 e. The van der Waals surface area contributed by atoms with E-state index in [2.05, 4.69) is 26.6 Å². The number of carbonyl (C=O) groups is 3. The van der Waals surface area contributed by atoms with E-state index in [4.69, 9.17) is 4.74 Å². The van der Waals surface area contributed by atoms with Gasteiger partial charge in [0.2, 0.25) is 20.2 Å². The Hall–Kier alpha value is -3.42. The first-order valence-electron chi connectivity index (χ1n) is 17.5. The first-order valence-corrected chi connectivity index (χ1v) is 21.2. The molecule has 3 N–H and O–H groups in total. The fraction of sp³-hybridized carbons (Fsp3) is 0.447. The van der Waals surface area contributed by atoms with Crippen LogP contribution in [0.3, 0.4) is 0 Å². The molecule has 0 unspecified atom stereocenters. The topological polar surface area (TPSA) is 111 Å². The number of hydrogen-bond acceptors (Lipinski definition) is 6. The normalized spacial score (nSPS) is 27.5. The smallest absolute Gasteiger partial charge is 0.264 e. The van der Waals surface area contributed by atoms with E-state index in [0.717, 1.165) is 40.5 Å². The van der Waals surface area contributed by atoms with Gasteiger partial charge >= 0.3 is 0 Å². The molecule has 6 atom stereocenters. The van der Waals surface area contributed by atoms with Gasteiger partial charge in [0.05, 0.1) is 43.4 Å². The number of rotatable bonds is 8. The molecule has 3 aromatic carbocycles. The second-order valence-corrected chi connectivity index (χ2v) is 19.4. The van der Waals surface area contributed by atoms with E-state index in [1.807, 2.05) is 73.7 Å². The molecule has 0 aliphatic carbocycles. The molecule has 2 fully saturated rings. The van der Waals surface area contributed by atoms with Gasteiger partial charge in [0, 0.05) is 33.7 Å². The summed E-state index contributed by atoms with van der Waals surface area (Å²) in [5.41, 5.74) is 2.91. The van der Waals surface area contributed by atoms with Gasteiger partial charge in [0.15, 0.2) is 5.60 Å². The van der Waals surface area contributed by atoms with Crippen molar-refractivity contribution in [2.24, 2.45) is 5.92 Å². The molecule has 4 aliphatic heterocycles. The zero-order valence-electron chi connectivity index (χ0n) is 28.6. The molecule has 9 nitrogen and oxygen atoms in total. The average molecular weight is 764 g/mol. The van der Waals surface area contributed by atoms with Crippen LogP contribution in [0.25, 0.3) is 0 Å². The maximum absolute atomic E-state index is 16.4. The van der Waals surface area contributed by atoms with E-state index >= 15 is 4.11 Å². The number of fused-ring (bicyclic) bond motifs is 3. The van der Waals surface area contributed by atoms with Gasteiger partial charge in [-0.15, -0.1) is 0 Å². The van der Waals surface area contributed by atoms with Crippen molar-refractivity contribution in [2.45, 2.75) is 88.1 Å². The standard InChI is InChI=1S/C38H44BrFN4O5Si/c1-23-35(50(2,3)40)33(19-34(46)43-21-26-8-5-4-7-25(26)17-29(43)22-45)49-38(23)30-18-27(39)12-15-32(30)44(37(38)48)20-24-10-13-28(14-11-24)42-36(47)31-9-6-16-41-31/h4-5,7-8,10-15,18,23,29,31,33,35,41,45H,6,9,16-17,19-22H2,1-3H3,(H,42,47)/t23-,29-,31+,33+,35-,38+/m0/s1. The molecule has 0 aromatic heterocycles. The van der Waals surface area contributed by atoms with Crippen molar-refractivity contribution in [1.29, 1.82) is 0 Å². The number of anilines is 2. The van der Waals surface area contributed by atoms with Gasteiger partial charge in [-0.05, 0) is 85.9 Å². The van der Waals surface area contributed by atoms with E-state index in [1.165, 1.54) is 0 Å². The molecule has 12 heteroatoms. The lowest BCUT2D eigenvalue weighted by molar-refractivity contribution is -0.151. The lowest BCUT2D eigenvalue weighted by Crippen LogP contribution is -2.48. The highest BCUT2D eigenvalue weighted by Crippen LogP contribution is 2.60. The second kappa shape index (κ2) is 13.6. The van der Waals surface area contributed by atoms with Crippen LogP contribution in [-0.2, 0) is 44.2 Å². The summed E-state index contributed by atoms with van der Waals surface area (Å²) in [5, 5.41) is 16.4. The summed E-state index contributed by atoms with van der Waals surface area (Å²) in [4.78, 5) is 44.9. The van der Waals surface area contributed by atoms with Crippen LogP contribution >= 0.6 is 15.9 Å². The minimum absolute atomic E-state index is 0.0577. The number of hydrogen-bond donors (Lipinski definition) is 3. The van der Waals surface area contributed by atoms with Crippen LogP contribution in [0.1, 0.15) is 48.4 Å². The highest BCUT2D eigenvalue weighted by molar-refractivity contribution is 9.10. The number of nitrogens with zero attached hydrogens (tertiary/aromatic N) is 2. The third-order valence-corrected chi connectivity index (χ3v) is 14.1. The van der Waals surface area contributed by atoms with Gasteiger partial charge in [-0.1, -0.05) is 59.3 Å². The maximum atomic E-state index is 16.4. The van der Waals surface area contributed by atoms with Crippen LogP contribution in [-0.4, -0.2) is 67.5 Å². The Morgan fingerprint density at radius 3 is 2.54 bits per heavy atom. The number of halogens is 2. The Morgan fingerprint density at radius 2 is 1.86 bits per heavy atom. The highest BCUT2D eigenvalue weighted by Gasteiger charge is 2.67. The average Bonchev–Trinajstić information content (AvgIpc) is 3.79. The number of nitrogens with one attached hydrogen (secondary N) is 2. The van der Waals surface area contributed by atoms with Crippen LogP contribution in [0.4, 0.5) is 15.5 Å². The predicted octanol–water partition coefficient (Wildman–Crippen LogP) is 5.80. The van der Waals surface area contributed by atoms with Crippen LogP contribution in [0.2, 0.25) is 18.6 Å². The van der Waals surface area contributed by atoms with E-state index in [1.54, 1.807) is 22.9 Å². The molecule has 7 rings (SSSR count). The van der Waals surface area contributed by atoms with Gasteiger partial charge in [-0.2, -0.15) is 0 Å². The number of ether oxygens (including phenoxy) is 1. The summed E-state index contributed by atoms with van der Waals surface area (Å²) in [5.74, 6) is -1.10.